The third-order valence-electron chi connectivity index (χ3n) is 1.65. The third-order valence-corrected chi connectivity index (χ3v) is 1.65. The first-order valence-electron chi connectivity index (χ1n) is 4.50. The van der Waals surface area contributed by atoms with E-state index < -0.39 is 5.97 Å². The van der Waals surface area contributed by atoms with E-state index in [1.54, 1.807) is 13.0 Å². The molecule has 0 spiro atoms. The highest BCUT2D eigenvalue weighted by Gasteiger charge is 1.92. The average molecular weight is 183 g/mol. The van der Waals surface area contributed by atoms with Crippen molar-refractivity contribution in [1.29, 1.82) is 0 Å². The van der Waals surface area contributed by atoms with Crippen LogP contribution in [0.5, 0.6) is 0 Å². The number of allylic oxidation sites excluding steroid dienone is 1. The van der Waals surface area contributed by atoms with E-state index in [4.69, 9.17) is 0 Å². The number of unbranched alkanes of at least 4 members (excludes halogenated alkanes) is 3. The summed E-state index contributed by atoms with van der Waals surface area (Å²) in [5, 5.41) is 9.93. The fourth-order valence-electron chi connectivity index (χ4n) is 0.992. The molecule has 0 aromatic heterocycles. The maximum absolute atomic E-state index is 10.5. The zero-order chi connectivity index (χ0) is 10.1. The van der Waals surface area contributed by atoms with Crippen molar-refractivity contribution in [3.05, 3.63) is 12.2 Å². The Morgan fingerprint density at radius 1 is 1.23 bits per heavy atom. The molecule has 3 heteroatoms. The fourth-order valence-corrected chi connectivity index (χ4v) is 0.992. The Morgan fingerprint density at radius 3 is 2.46 bits per heavy atom. The number of Topliss-reactive ketones (excluding diaryl/α,β-unsaturated/α-hetero) is 1. The predicted octanol–water partition coefficient (Wildman–Crippen LogP) is 0.832. The van der Waals surface area contributed by atoms with Crippen LogP contribution in [0, 0.1) is 0 Å². The van der Waals surface area contributed by atoms with E-state index in [1.165, 1.54) is 0 Å². The molecule has 0 N–H and O–H groups in total. The summed E-state index contributed by atoms with van der Waals surface area (Å²) in [6.07, 6.45) is 6.80. The van der Waals surface area contributed by atoms with Gasteiger partial charge in [-0.25, -0.2) is 0 Å². The molecule has 0 atom stereocenters. The lowest BCUT2D eigenvalue weighted by molar-refractivity contribution is -0.297. The number of carboxylic acid groups (broad SMARTS) is 1. The second-order valence-corrected chi connectivity index (χ2v) is 3.02. The largest absolute Gasteiger partial charge is 0.545 e. The van der Waals surface area contributed by atoms with Crippen molar-refractivity contribution in [3.8, 4) is 0 Å². The summed E-state index contributed by atoms with van der Waals surface area (Å²) >= 11 is 0. The van der Waals surface area contributed by atoms with E-state index in [1.807, 2.05) is 0 Å². The van der Waals surface area contributed by atoms with Gasteiger partial charge >= 0.3 is 0 Å². The van der Waals surface area contributed by atoms with Gasteiger partial charge < -0.3 is 14.7 Å². The Morgan fingerprint density at radius 2 is 1.92 bits per heavy atom. The van der Waals surface area contributed by atoms with Crippen LogP contribution in [0.4, 0.5) is 0 Å². The molecule has 0 heterocycles. The number of hydrogen-bond acceptors (Lipinski definition) is 3. The monoisotopic (exact) mass is 183 g/mol. The number of carbonyl (C=O) groups excluding carboxylic acids is 2. The number of hydrogen-bond donors (Lipinski definition) is 0. The van der Waals surface area contributed by atoms with Gasteiger partial charge in [0.1, 0.15) is 5.78 Å². The van der Waals surface area contributed by atoms with Crippen LogP contribution >= 0.6 is 0 Å². The topological polar surface area (TPSA) is 57.2 Å². The van der Waals surface area contributed by atoms with E-state index in [9.17, 15) is 14.7 Å². The molecule has 0 saturated carbocycles. The lowest BCUT2D eigenvalue weighted by Gasteiger charge is -1.96. The van der Waals surface area contributed by atoms with E-state index in [2.05, 4.69) is 0 Å². The lowest BCUT2D eigenvalue weighted by Crippen LogP contribution is -2.18. The minimum absolute atomic E-state index is 0.213. The standard InChI is InChI=1S/C10H16O3/c1-9(11)7-5-3-2-4-6-8-10(12)13/h6,8H,2-5,7H2,1H3,(H,12,13)/p-1/b8-6+. The first kappa shape index (κ1) is 11.9. The van der Waals surface area contributed by atoms with Crippen LogP contribution in [-0.2, 0) is 9.59 Å². The van der Waals surface area contributed by atoms with Gasteiger partial charge in [0, 0.05) is 6.42 Å². The summed E-state index contributed by atoms with van der Waals surface area (Å²) in [6, 6.07) is 0. The first-order valence-corrected chi connectivity index (χ1v) is 4.50. The SMILES string of the molecule is CC(=O)CCCCC/C=C/C(=O)[O-]. The zero-order valence-corrected chi connectivity index (χ0v) is 7.91. The maximum Gasteiger partial charge on any atom is 0.129 e. The van der Waals surface area contributed by atoms with Crippen molar-refractivity contribution in [2.24, 2.45) is 0 Å². The minimum atomic E-state index is -1.15. The third kappa shape index (κ3) is 10.9. The summed E-state index contributed by atoms with van der Waals surface area (Å²) < 4.78 is 0. The summed E-state index contributed by atoms with van der Waals surface area (Å²) in [5.41, 5.74) is 0. The van der Waals surface area contributed by atoms with Crippen LogP contribution in [0.25, 0.3) is 0 Å². The van der Waals surface area contributed by atoms with Crippen molar-refractivity contribution in [1.82, 2.24) is 0 Å². The number of ketones is 1. The van der Waals surface area contributed by atoms with Crippen LogP contribution in [0.1, 0.15) is 39.0 Å². The van der Waals surface area contributed by atoms with Crippen molar-refractivity contribution in [2.75, 3.05) is 0 Å². The second-order valence-electron chi connectivity index (χ2n) is 3.02. The van der Waals surface area contributed by atoms with Gasteiger partial charge in [0.25, 0.3) is 0 Å². The van der Waals surface area contributed by atoms with Crippen molar-refractivity contribution in [3.63, 3.8) is 0 Å². The van der Waals surface area contributed by atoms with Gasteiger partial charge in [-0.15, -0.1) is 0 Å². The Bertz CT molecular complexity index is 194. The molecule has 0 saturated heterocycles. The number of carboxylic acids is 1. The summed E-state index contributed by atoms with van der Waals surface area (Å²) in [6.45, 7) is 1.58. The maximum atomic E-state index is 10.5. The van der Waals surface area contributed by atoms with Gasteiger partial charge in [-0.3, -0.25) is 0 Å². The molecule has 0 aliphatic heterocycles. The molecule has 0 radical (unpaired) electrons. The van der Waals surface area contributed by atoms with Crippen molar-refractivity contribution >= 4 is 11.8 Å². The van der Waals surface area contributed by atoms with E-state index >= 15 is 0 Å². The highest BCUT2D eigenvalue weighted by atomic mass is 16.4. The second kappa shape index (κ2) is 7.53. The molecule has 0 fully saturated rings. The molecule has 0 unspecified atom stereocenters. The normalized spacial score (nSPS) is 10.5. The van der Waals surface area contributed by atoms with Gasteiger partial charge in [0.15, 0.2) is 0 Å². The first-order chi connectivity index (χ1) is 6.13. The molecule has 0 rings (SSSR count). The molecule has 0 aromatic rings. The van der Waals surface area contributed by atoms with E-state index in [-0.39, 0.29) is 5.78 Å². The minimum Gasteiger partial charge on any atom is -0.545 e. The van der Waals surface area contributed by atoms with Gasteiger partial charge in [-0.2, -0.15) is 0 Å². The van der Waals surface area contributed by atoms with E-state index in [0.717, 1.165) is 31.8 Å². The molecular formula is C10H15O3-. The molecule has 0 aliphatic rings. The molecular weight excluding hydrogens is 168 g/mol. The smallest absolute Gasteiger partial charge is 0.129 e. The van der Waals surface area contributed by atoms with Crippen LogP contribution in [-0.4, -0.2) is 11.8 Å². The van der Waals surface area contributed by atoms with Gasteiger partial charge in [-0.05, 0) is 32.3 Å². The quantitative estimate of drug-likeness (QED) is 0.434. The molecule has 0 aliphatic carbocycles. The fraction of sp³-hybridized carbons (Fsp3) is 0.600. The van der Waals surface area contributed by atoms with Gasteiger partial charge in [0.2, 0.25) is 0 Å². The molecule has 74 valence electrons. The summed E-state index contributed by atoms with van der Waals surface area (Å²) in [4.78, 5) is 20.5. The van der Waals surface area contributed by atoms with Crippen molar-refractivity contribution < 1.29 is 14.7 Å². The zero-order valence-electron chi connectivity index (χ0n) is 7.91. The van der Waals surface area contributed by atoms with Gasteiger partial charge in [0.05, 0.1) is 5.97 Å². The Balaban J connectivity index is 3.17. The molecule has 13 heavy (non-hydrogen) atoms. The van der Waals surface area contributed by atoms with Crippen LogP contribution in [0.3, 0.4) is 0 Å². The van der Waals surface area contributed by atoms with E-state index in [0.29, 0.717) is 6.42 Å². The number of carbonyl (C=O) groups is 2. The molecule has 3 nitrogen and oxygen atoms in total. The number of rotatable bonds is 7. The number of aliphatic carboxylic acids is 1. The average Bonchev–Trinajstić information content (AvgIpc) is 2.01. The summed E-state index contributed by atoms with van der Waals surface area (Å²) in [5.74, 6) is -0.936. The summed E-state index contributed by atoms with van der Waals surface area (Å²) in [7, 11) is 0. The Labute approximate surface area is 78.5 Å². The molecule has 0 bridgehead atoms. The van der Waals surface area contributed by atoms with Crippen LogP contribution in [0.15, 0.2) is 12.2 Å². The molecule has 0 aromatic carbocycles. The lowest BCUT2D eigenvalue weighted by atomic mass is 10.1. The van der Waals surface area contributed by atoms with Crippen molar-refractivity contribution in [2.45, 2.75) is 39.0 Å². The van der Waals surface area contributed by atoms with Gasteiger partial charge in [-0.1, -0.05) is 12.5 Å². The Kier molecular flexibility index (Phi) is 6.88. The highest BCUT2D eigenvalue weighted by molar-refractivity contribution is 5.77. The highest BCUT2D eigenvalue weighted by Crippen LogP contribution is 2.03. The predicted molar refractivity (Wildman–Crippen MR) is 47.9 cm³/mol. The Hall–Kier alpha value is -1.12. The molecule has 0 amide bonds. The van der Waals surface area contributed by atoms with Crippen LogP contribution in [0.2, 0.25) is 0 Å². The van der Waals surface area contributed by atoms with Crippen LogP contribution < -0.4 is 5.11 Å².